The Balaban J connectivity index is 1.93. The van der Waals surface area contributed by atoms with Crippen molar-refractivity contribution < 1.29 is 14.9 Å². The average molecular weight is 342 g/mol. The van der Waals surface area contributed by atoms with E-state index >= 15 is 0 Å². The van der Waals surface area contributed by atoms with Gasteiger partial charge < -0.3 is 15.8 Å². The number of thiophene rings is 1. The second-order valence-electron chi connectivity index (χ2n) is 5.70. The van der Waals surface area contributed by atoms with Gasteiger partial charge in [-0.3, -0.25) is 10.2 Å². The number of hydrogen-bond acceptors (Lipinski definition) is 4. The summed E-state index contributed by atoms with van der Waals surface area (Å²) in [6.45, 7) is 0. The number of carbonyl (C=O) groups excluding carboxylic acids is 1. The highest BCUT2D eigenvalue weighted by Gasteiger charge is 2.27. The van der Waals surface area contributed by atoms with E-state index in [2.05, 4.69) is 5.32 Å². The minimum atomic E-state index is -0.162. The van der Waals surface area contributed by atoms with Crippen LogP contribution in [0.2, 0.25) is 0 Å². The van der Waals surface area contributed by atoms with Gasteiger partial charge in [0, 0.05) is 17.8 Å². The van der Waals surface area contributed by atoms with Crippen LogP contribution in [0.1, 0.15) is 34.3 Å². The lowest BCUT2D eigenvalue weighted by Gasteiger charge is -2.13. The van der Waals surface area contributed by atoms with E-state index in [1.165, 1.54) is 7.11 Å². The first kappa shape index (κ1) is 16.3. The fourth-order valence-corrected chi connectivity index (χ4v) is 3.04. The zero-order valence-electron chi connectivity index (χ0n) is 13.4. The SMILES string of the molecule is COc1c(C(=O)NC2CC2)ccc(N)c1C(=[NH2+])/C=C/c1ccsc1. The summed E-state index contributed by atoms with van der Waals surface area (Å²) in [6.07, 6.45) is 5.72. The number of nitrogen functional groups attached to an aromatic ring is 1. The van der Waals surface area contributed by atoms with Gasteiger partial charge >= 0.3 is 0 Å². The number of ether oxygens (including phenoxy) is 1. The molecule has 0 unspecified atom stereocenters. The molecule has 3 rings (SSSR count). The predicted octanol–water partition coefficient (Wildman–Crippen LogP) is 1.49. The van der Waals surface area contributed by atoms with E-state index in [0.717, 1.165) is 18.4 Å². The summed E-state index contributed by atoms with van der Waals surface area (Å²) in [6, 6.07) is 5.62. The van der Waals surface area contributed by atoms with Crippen LogP contribution in [0.3, 0.4) is 0 Å². The largest absolute Gasteiger partial charge is 0.495 e. The van der Waals surface area contributed by atoms with Gasteiger partial charge in [0.2, 0.25) is 5.71 Å². The van der Waals surface area contributed by atoms with Crippen molar-refractivity contribution in [2.75, 3.05) is 12.8 Å². The monoisotopic (exact) mass is 342 g/mol. The highest BCUT2D eigenvalue weighted by Crippen LogP contribution is 2.30. The highest BCUT2D eigenvalue weighted by atomic mass is 32.1. The van der Waals surface area contributed by atoms with Crippen molar-refractivity contribution in [2.24, 2.45) is 0 Å². The van der Waals surface area contributed by atoms with Gasteiger partial charge in [-0.1, -0.05) is 0 Å². The fourth-order valence-electron chi connectivity index (χ4n) is 2.42. The molecule has 1 aliphatic carbocycles. The summed E-state index contributed by atoms with van der Waals surface area (Å²) in [5.74, 6) is 0.242. The molecule has 5 N–H and O–H groups in total. The molecule has 0 saturated heterocycles. The number of nitrogens with two attached hydrogens (primary N) is 2. The second kappa shape index (κ2) is 6.88. The fraction of sp³-hybridized carbons (Fsp3) is 0.222. The van der Waals surface area contributed by atoms with Crippen LogP contribution in [0.25, 0.3) is 6.08 Å². The van der Waals surface area contributed by atoms with E-state index in [0.29, 0.717) is 28.3 Å². The summed E-state index contributed by atoms with van der Waals surface area (Å²) >= 11 is 1.61. The first-order valence-electron chi connectivity index (χ1n) is 7.70. The number of amides is 1. The number of allylic oxidation sites excluding steroid dienone is 1. The zero-order valence-corrected chi connectivity index (χ0v) is 14.2. The molecule has 0 radical (unpaired) electrons. The van der Waals surface area contributed by atoms with Crippen molar-refractivity contribution >= 4 is 34.7 Å². The summed E-state index contributed by atoms with van der Waals surface area (Å²) < 4.78 is 5.47. The smallest absolute Gasteiger partial charge is 0.255 e. The Bertz CT molecular complexity index is 793. The van der Waals surface area contributed by atoms with Crippen molar-refractivity contribution in [1.29, 1.82) is 0 Å². The Kier molecular flexibility index (Phi) is 4.66. The molecule has 0 aliphatic heterocycles. The molecule has 124 valence electrons. The van der Waals surface area contributed by atoms with Gasteiger partial charge in [0.25, 0.3) is 5.91 Å². The Hall–Kier alpha value is -2.60. The minimum absolute atomic E-state index is 0.162. The lowest BCUT2D eigenvalue weighted by molar-refractivity contribution is -0.110. The number of carbonyl (C=O) groups is 1. The third-order valence-corrected chi connectivity index (χ3v) is 4.54. The summed E-state index contributed by atoms with van der Waals surface area (Å²) in [7, 11) is 1.52. The van der Waals surface area contributed by atoms with Gasteiger partial charge in [0.15, 0.2) is 0 Å². The quantitative estimate of drug-likeness (QED) is 0.549. The Morgan fingerprint density at radius 2 is 2.21 bits per heavy atom. The molecule has 2 aromatic rings. The van der Waals surface area contributed by atoms with Crippen LogP contribution in [0, 0.1) is 0 Å². The van der Waals surface area contributed by atoms with Crippen molar-refractivity contribution in [1.82, 2.24) is 5.32 Å². The van der Waals surface area contributed by atoms with Crippen molar-refractivity contribution in [3.05, 3.63) is 51.7 Å². The van der Waals surface area contributed by atoms with Crippen LogP contribution < -0.4 is 21.2 Å². The molecule has 0 atom stereocenters. The summed E-state index contributed by atoms with van der Waals surface area (Å²) in [5, 5.41) is 13.2. The molecule has 1 aliphatic rings. The van der Waals surface area contributed by atoms with E-state index in [1.54, 1.807) is 29.5 Å². The first-order chi connectivity index (χ1) is 11.6. The van der Waals surface area contributed by atoms with Crippen LogP contribution in [-0.4, -0.2) is 24.8 Å². The third-order valence-electron chi connectivity index (χ3n) is 3.84. The molecule has 1 saturated carbocycles. The van der Waals surface area contributed by atoms with E-state index in [4.69, 9.17) is 15.9 Å². The molecule has 1 aromatic carbocycles. The number of rotatable bonds is 6. The van der Waals surface area contributed by atoms with Crippen molar-refractivity contribution in [3.8, 4) is 5.75 Å². The molecule has 24 heavy (non-hydrogen) atoms. The standard InChI is InChI=1S/C18H19N3O2S/c1-23-17-13(18(22)21-12-3-4-12)5-7-15(20)16(17)14(19)6-2-11-8-9-24-10-11/h2,5-10,12,19H,3-4,20H2,1H3,(H,21,22)/p+1/b6-2+,19-14?. The maximum atomic E-state index is 12.4. The van der Waals surface area contributed by atoms with Gasteiger partial charge in [-0.25, -0.2) is 0 Å². The Labute approximate surface area is 144 Å². The average Bonchev–Trinajstić information content (AvgIpc) is 3.23. The predicted molar refractivity (Wildman–Crippen MR) is 97.3 cm³/mol. The van der Waals surface area contributed by atoms with Gasteiger partial charge in [-0.2, -0.15) is 11.3 Å². The van der Waals surface area contributed by atoms with Crippen LogP contribution >= 0.6 is 11.3 Å². The molecule has 0 spiro atoms. The Morgan fingerprint density at radius 1 is 1.42 bits per heavy atom. The maximum absolute atomic E-state index is 12.4. The van der Waals surface area contributed by atoms with Crippen molar-refractivity contribution in [2.45, 2.75) is 18.9 Å². The van der Waals surface area contributed by atoms with Crippen LogP contribution in [0.4, 0.5) is 5.69 Å². The number of benzene rings is 1. The summed E-state index contributed by atoms with van der Waals surface area (Å²) in [4.78, 5) is 12.4. The highest BCUT2D eigenvalue weighted by molar-refractivity contribution is 7.08. The molecule has 5 nitrogen and oxygen atoms in total. The first-order valence-corrected chi connectivity index (χ1v) is 8.65. The van der Waals surface area contributed by atoms with E-state index in [1.807, 2.05) is 22.9 Å². The van der Waals surface area contributed by atoms with Crippen LogP contribution in [-0.2, 0) is 0 Å². The number of methoxy groups -OCH3 is 1. The third kappa shape index (κ3) is 3.49. The molecule has 6 heteroatoms. The van der Waals surface area contributed by atoms with E-state index in [9.17, 15) is 4.79 Å². The topological polar surface area (TPSA) is 89.9 Å². The maximum Gasteiger partial charge on any atom is 0.255 e. The molecule has 0 bridgehead atoms. The van der Waals surface area contributed by atoms with E-state index < -0.39 is 0 Å². The van der Waals surface area contributed by atoms with E-state index in [-0.39, 0.29) is 11.9 Å². The molecule has 1 fully saturated rings. The lowest BCUT2D eigenvalue weighted by atomic mass is 10.0. The van der Waals surface area contributed by atoms with Gasteiger partial charge in [0.1, 0.15) is 11.3 Å². The normalized spacial score (nSPS) is 13.9. The Morgan fingerprint density at radius 3 is 2.83 bits per heavy atom. The zero-order chi connectivity index (χ0) is 17.1. The van der Waals surface area contributed by atoms with Gasteiger partial charge in [0.05, 0.1) is 12.7 Å². The number of hydrogen-bond donors (Lipinski definition) is 3. The number of anilines is 1. The molecule has 1 aromatic heterocycles. The molecule has 1 amide bonds. The number of nitrogens with one attached hydrogen (secondary N) is 1. The minimum Gasteiger partial charge on any atom is -0.495 e. The molecular formula is C18H20N3O2S+. The lowest BCUT2D eigenvalue weighted by Crippen LogP contribution is -2.40. The van der Waals surface area contributed by atoms with Crippen molar-refractivity contribution in [3.63, 3.8) is 0 Å². The van der Waals surface area contributed by atoms with Crippen LogP contribution in [0.5, 0.6) is 5.75 Å². The molecular weight excluding hydrogens is 322 g/mol. The molecule has 1 heterocycles. The summed E-state index contributed by atoms with van der Waals surface area (Å²) in [5.41, 5.74) is 9.07. The van der Waals surface area contributed by atoms with Gasteiger partial charge in [-0.05, 0) is 53.4 Å². The van der Waals surface area contributed by atoms with Crippen LogP contribution in [0.15, 0.2) is 35.0 Å². The van der Waals surface area contributed by atoms with Gasteiger partial charge in [-0.15, -0.1) is 0 Å². The second-order valence-corrected chi connectivity index (χ2v) is 6.48.